The van der Waals surface area contributed by atoms with Crippen molar-refractivity contribution >= 4 is 62.8 Å². The molecule has 0 aliphatic heterocycles. The molecule has 9 fully saturated rings. The highest BCUT2D eigenvalue weighted by atomic mass is 33.1. The number of aliphatic hydroxyl groups is 6. The van der Waals surface area contributed by atoms with Gasteiger partial charge in [-0.2, -0.15) is 0 Å². The number of carbonyl (C=O) groups excluding carboxylic acids is 7. The van der Waals surface area contributed by atoms with Crippen LogP contribution >= 0.6 is 21.6 Å². The van der Waals surface area contributed by atoms with Gasteiger partial charge in [-0.3, -0.25) is 33.6 Å². The molecule has 0 heterocycles. The second kappa shape index (κ2) is 34.9. The number of Topliss-reactive ketones (excluding diaryl/α,β-unsaturated/α-hetero) is 3. The number of hydrogen-bond donors (Lipinski definition) is 7. The Labute approximate surface area is 669 Å². The van der Waals surface area contributed by atoms with Crippen molar-refractivity contribution in [3.8, 4) is 0 Å². The Kier molecular flexibility index (Phi) is 30.3. The molecule has 0 aromatic rings. The molecule has 111 heavy (non-hydrogen) atoms. The number of carbonyl (C=O) groups is 7. The van der Waals surface area contributed by atoms with Crippen molar-refractivity contribution in [3.63, 3.8) is 0 Å². The van der Waals surface area contributed by atoms with E-state index >= 15 is 13.2 Å². The zero-order valence-electron chi connectivity index (χ0n) is 64.2. The monoisotopic (exact) mass is 1600 g/mol. The molecule has 24 atom stereocenters. The molecule has 17 nitrogen and oxygen atoms in total. The van der Waals surface area contributed by atoms with Crippen molar-refractivity contribution in [2.75, 3.05) is 37.9 Å². The van der Waals surface area contributed by atoms with Gasteiger partial charge in [0, 0.05) is 81.1 Å². The summed E-state index contributed by atoms with van der Waals surface area (Å²) in [4.78, 5) is 87.9. The van der Waals surface area contributed by atoms with Crippen LogP contribution in [-0.4, -0.2) is 162 Å². The first-order valence-electron chi connectivity index (χ1n) is 38.6. The summed E-state index contributed by atoms with van der Waals surface area (Å²) in [5, 5.41) is 72.5. The number of halogens is 3. The zero-order chi connectivity index (χ0) is 78.3. The number of ether oxygens (including phenoxy) is 3. The normalized spacial score (nSPS) is 41.8. The fourth-order valence-electron chi connectivity index (χ4n) is 23.6. The van der Waals surface area contributed by atoms with Gasteiger partial charge in [0.25, 0.3) is 0 Å². The van der Waals surface area contributed by atoms with Gasteiger partial charge in [-0.25, -0.2) is 13.2 Å². The predicted octanol–water partition coefficient (Wildman–Crippen LogP) is 16.0. The number of aliphatic hydroxyl groups excluding tert-OH is 3. The van der Waals surface area contributed by atoms with Crippen LogP contribution in [-0.2, 0) is 47.8 Å². The minimum Gasteiger partial charge on any atom is -0.458 e. The minimum atomic E-state index is -1.95. The van der Waals surface area contributed by atoms with E-state index in [1.54, 1.807) is 48.4 Å². The van der Waals surface area contributed by atoms with E-state index in [1.807, 2.05) is 111 Å². The van der Waals surface area contributed by atoms with Gasteiger partial charge in [-0.1, -0.05) is 205 Å². The van der Waals surface area contributed by atoms with E-state index in [0.717, 1.165) is 39.2 Å². The second-order valence-corrected chi connectivity index (χ2v) is 37.3. The maximum absolute atomic E-state index is 17.3. The van der Waals surface area contributed by atoms with Crippen molar-refractivity contribution in [2.45, 2.75) is 281 Å². The molecule has 626 valence electrons. The molecule has 0 bridgehead atoms. The third kappa shape index (κ3) is 14.9. The summed E-state index contributed by atoms with van der Waals surface area (Å²) >= 11 is 0. The third-order valence-corrected chi connectivity index (χ3v) is 31.8. The van der Waals surface area contributed by atoms with E-state index in [2.05, 4.69) is 25.1 Å². The Morgan fingerprint density at radius 1 is 0.468 bits per heavy atom. The highest BCUT2D eigenvalue weighted by molar-refractivity contribution is 8.76. The molecule has 0 radical (unpaired) electrons. The van der Waals surface area contributed by atoms with Gasteiger partial charge in [0.1, 0.15) is 16.8 Å². The quantitative estimate of drug-likeness (QED) is 0.0258. The standard InChI is InChI=1S/C29H40FNO6.C28H39FO5S2.C27H37FO5.5CH4/c1-6-31-24(34)9-10-25(35)37-16-23(33)29(36)18(3)14-21-20-8-7-19-13-17(2)11-12-26(19,4)28(20,30)22(32)15-27(21,29)5;1-6-35-36-12-10-24(32)34-16-23(31)28(33)18(3)14-21-20-8-7-19-13-17(2)9-11-25(19,4)27(20,29)22(30)15-26(21,28)5;1-6-7-23(31)33-15-22(30)27(32)17(3)13-20-19-9-8-18-12-16(2)10-11-24(18,4)26(19,28)21(29)14-25(20,27)5;;;;;/h11-13,18,20-22,32,36H,2,6-10,14-16H2,1,3-5H3,(H,31,34);9,11,13,18,20-22,30,33H,2,6-8,10,12,14-16H2,1,3-5H3;10-12,17,19-21,29,32H,2,6-9,13-15H2,1,3-5H3;5*1H4/t18-,20+,21+,22+,26+,27+,28+,29+;18-,20+,21+,22+,25+,26+,27+,28+;17-,19+,20+,21+,24+,25+,26+,27+;;;;;/m000...../s1. The molecule has 0 spiro atoms. The fourth-order valence-corrected chi connectivity index (χ4v) is 25.2. The fraction of sp³-hybridized carbons (Fsp3) is 0.719. The van der Waals surface area contributed by atoms with Crippen LogP contribution in [0.1, 0.15) is 229 Å². The largest absolute Gasteiger partial charge is 0.458 e. The van der Waals surface area contributed by atoms with Gasteiger partial charge >= 0.3 is 17.9 Å². The molecule has 0 unspecified atom stereocenters. The van der Waals surface area contributed by atoms with Gasteiger partial charge in [-0.05, 0) is 163 Å². The first-order valence-corrected chi connectivity index (χ1v) is 41.1. The molecular formula is C89H136F3NO16S2. The summed E-state index contributed by atoms with van der Waals surface area (Å²) in [7, 11) is 3.24. The molecule has 12 aliphatic rings. The van der Waals surface area contributed by atoms with Crippen LogP contribution < -0.4 is 5.32 Å². The first kappa shape index (κ1) is 96.4. The SMILES string of the molecule is C.C.C.C.C.C=C1C=C[C@]2(C)C(=C1)CC[C@@H]1[C@H]3C[C@H](C)[C@@](O)(C(=O)COC(=O)CCC(=O)NCC)[C@]3(C)C[C@@H](O)[C@]12F.C=C1C=C[C@]2(C)C(=C1)CC[C@@H]1[C@H]3C[C@H](C)[C@@](O)(C(=O)COC(=O)CCC)[C@]3(C)C[C@@H](O)[C@]12F.C=C1C=C[C@]2(C)C(=C1)CC[C@@H]1[C@H]3C[C@H](C)[C@@](O)(C(=O)COC(=O)CCSSCC)[C@]3(C)C[C@@H](O)[C@]12F. The molecule has 7 N–H and O–H groups in total. The van der Waals surface area contributed by atoms with Crippen LogP contribution in [0.5, 0.6) is 0 Å². The summed E-state index contributed by atoms with van der Waals surface area (Å²) in [6.45, 7) is 32.7. The lowest BCUT2D eigenvalue weighted by atomic mass is 9.44. The summed E-state index contributed by atoms with van der Waals surface area (Å²) in [6, 6.07) is 0. The Balaban J connectivity index is 0.000000292. The van der Waals surface area contributed by atoms with Gasteiger partial charge in [-0.15, -0.1) is 0 Å². The number of nitrogens with one attached hydrogen (secondary N) is 1. The van der Waals surface area contributed by atoms with Crippen molar-refractivity contribution in [1.82, 2.24) is 5.32 Å². The van der Waals surface area contributed by atoms with Crippen molar-refractivity contribution in [2.24, 2.45) is 85.8 Å². The third-order valence-electron chi connectivity index (χ3n) is 29.3. The Bertz CT molecular complexity index is 3760. The van der Waals surface area contributed by atoms with Gasteiger partial charge in [0.2, 0.25) is 23.3 Å². The molecule has 0 saturated heterocycles. The molecule has 0 aromatic carbocycles. The number of esters is 3. The average Bonchev–Trinajstić information content (AvgIpc) is 1.61. The van der Waals surface area contributed by atoms with Crippen LogP contribution in [0.4, 0.5) is 13.2 Å². The minimum absolute atomic E-state index is 0. The van der Waals surface area contributed by atoms with Gasteiger partial charge < -0.3 is 50.2 Å². The maximum atomic E-state index is 17.3. The Morgan fingerprint density at radius 2 is 0.766 bits per heavy atom. The van der Waals surface area contributed by atoms with Crippen molar-refractivity contribution in [3.05, 3.63) is 108 Å². The van der Waals surface area contributed by atoms with Crippen LogP contribution in [0, 0.1) is 85.8 Å². The number of allylic oxidation sites excluding steroid dienone is 15. The van der Waals surface area contributed by atoms with Crippen LogP contribution in [0.2, 0.25) is 0 Å². The van der Waals surface area contributed by atoms with E-state index in [1.165, 1.54) is 0 Å². The number of fused-ring (bicyclic) bond motifs is 15. The first-order chi connectivity index (χ1) is 49.5. The molecular weight excluding hydrogens is 1460 g/mol. The highest BCUT2D eigenvalue weighted by Crippen LogP contribution is 2.75. The maximum Gasteiger partial charge on any atom is 0.307 e. The average molecular weight is 1600 g/mol. The summed E-state index contributed by atoms with van der Waals surface area (Å²) in [5.74, 6) is -6.02. The number of ketones is 3. The number of alkyl halides is 3. The number of hydrogen-bond acceptors (Lipinski definition) is 18. The lowest BCUT2D eigenvalue weighted by Crippen LogP contribution is -2.69. The Hall–Kier alpha value is -5.20. The highest BCUT2D eigenvalue weighted by Gasteiger charge is 2.79. The lowest BCUT2D eigenvalue weighted by molar-refractivity contribution is -0.219. The molecule has 0 aromatic heterocycles. The van der Waals surface area contributed by atoms with Crippen LogP contribution in [0.15, 0.2) is 108 Å². The van der Waals surface area contributed by atoms with E-state index in [0.29, 0.717) is 76.5 Å². The topological polar surface area (TPSA) is 281 Å². The predicted molar refractivity (Wildman–Crippen MR) is 436 cm³/mol. The smallest absolute Gasteiger partial charge is 0.307 e. The van der Waals surface area contributed by atoms with E-state index in [-0.39, 0.29) is 106 Å². The van der Waals surface area contributed by atoms with Crippen LogP contribution in [0.3, 0.4) is 0 Å². The molecule has 1 amide bonds. The molecule has 22 heteroatoms. The summed E-state index contributed by atoms with van der Waals surface area (Å²) in [5.41, 5.74) is -12.0. The second-order valence-electron chi connectivity index (χ2n) is 34.5. The number of amides is 1. The van der Waals surface area contributed by atoms with Gasteiger partial charge in [0.05, 0.1) is 31.2 Å². The van der Waals surface area contributed by atoms with Crippen molar-refractivity contribution < 1.29 is 91.6 Å². The molecule has 12 aliphatic carbocycles. The lowest BCUT2D eigenvalue weighted by Gasteiger charge is -2.62. The summed E-state index contributed by atoms with van der Waals surface area (Å²) < 4.78 is 67.2. The Morgan fingerprint density at radius 3 is 1.05 bits per heavy atom. The molecule has 12 rings (SSSR count). The number of rotatable bonds is 20. The van der Waals surface area contributed by atoms with Crippen LogP contribution in [0.25, 0.3) is 0 Å². The van der Waals surface area contributed by atoms with E-state index < -0.39 is 175 Å². The van der Waals surface area contributed by atoms with E-state index in [9.17, 15) is 64.2 Å². The van der Waals surface area contributed by atoms with Gasteiger partial charge in [0.15, 0.2) is 36.8 Å². The molecule has 9 saturated carbocycles. The summed E-state index contributed by atoms with van der Waals surface area (Å²) in [6.07, 6.45) is 18.2. The van der Waals surface area contributed by atoms with E-state index in [4.69, 9.17) is 14.2 Å². The zero-order valence-corrected chi connectivity index (χ0v) is 65.9. The van der Waals surface area contributed by atoms with Crippen molar-refractivity contribution in [1.29, 1.82) is 0 Å².